The van der Waals surface area contributed by atoms with Gasteiger partial charge in [-0.2, -0.15) is 0 Å². The van der Waals surface area contributed by atoms with Crippen LogP contribution in [0.15, 0.2) is 67.0 Å². The molecule has 1 aliphatic rings. The number of benzene rings is 2. The molecule has 0 saturated carbocycles. The number of carbonyl (C=O) groups excluding carboxylic acids is 1. The fourth-order valence-corrected chi connectivity index (χ4v) is 3.33. The molecule has 0 atom stereocenters. The molecule has 4 aromatic rings. The van der Waals surface area contributed by atoms with Gasteiger partial charge in [0.15, 0.2) is 5.82 Å². The highest BCUT2D eigenvalue weighted by Gasteiger charge is 2.17. The Morgan fingerprint density at radius 1 is 1.03 bits per heavy atom. The molecular weight excluding hydrogens is 380 g/mol. The number of ketones is 1. The lowest BCUT2D eigenvalue weighted by Gasteiger charge is -2.15. The van der Waals surface area contributed by atoms with Gasteiger partial charge in [0.25, 0.3) is 0 Å². The van der Waals surface area contributed by atoms with Crippen molar-refractivity contribution in [2.75, 3.05) is 13.2 Å². The Bertz CT molecular complexity index is 1210. The van der Waals surface area contributed by atoms with Gasteiger partial charge in [0.05, 0.1) is 24.2 Å². The lowest BCUT2D eigenvalue weighted by Crippen LogP contribution is -2.08. The van der Waals surface area contributed by atoms with Crippen LogP contribution in [0.3, 0.4) is 0 Å². The fraction of sp³-hybridized carbons (Fsp3) is 0.130. The second-order valence-corrected chi connectivity index (χ2v) is 6.84. The summed E-state index contributed by atoms with van der Waals surface area (Å²) in [7, 11) is 0. The quantitative estimate of drug-likeness (QED) is 0.507. The van der Waals surface area contributed by atoms with E-state index in [1.54, 1.807) is 36.7 Å². The van der Waals surface area contributed by atoms with Gasteiger partial charge >= 0.3 is 0 Å². The Hall–Kier alpha value is -3.84. The maximum Gasteiger partial charge on any atom is 0.245 e. The highest BCUT2D eigenvalue weighted by atomic mass is 16.5. The number of hydrogen-bond acceptors (Lipinski definition) is 6. The molecule has 0 saturated heterocycles. The standard InChI is InChI=1S/C23H18N4O3/c28-21(22-26-18-5-1-2-6-19(18)27-22)15-7-9-17(10-8-15)30-23-20(24-11-12-25-23)16-4-3-13-29-14-16/h1-2,4-12H,3,13-14H2,(H,26,27). The molecule has 0 amide bonds. The highest BCUT2D eigenvalue weighted by Crippen LogP contribution is 2.28. The number of rotatable bonds is 5. The summed E-state index contributed by atoms with van der Waals surface area (Å²) in [5, 5.41) is 0. The maximum atomic E-state index is 12.8. The molecule has 30 heavy (non-hydrogen) atoms. The van der Waals surface area contributed by atoms with Crippen molar-refractivity contribution in [3.05, 3.63) is 84.1 Å². The van der Waals surface area contributed by atoms with E-state index in [4.69, 9.17) is 9.47 Å². The number of ether oxygens (including phenoxy) is 2. The largest absolute Gasteiger partial charge is 0.437 e. The minimum atomic E-state index is -0.178. The van der Waals surface area contributed by atoms with Gasteiger partial charge in [0.2, 0.25) is 11.7 Å². The molecule has 7 nitrogen and oxygen atoms in total. The lowest BCUT2D eigenvalue weighted by atomic mass is 10.1. The number of aromatic nitrogens is 4. The first kappa shape index (κ1) is 18.2. The van der Waals surface area contributed by atoms with E-state index < -0.39 is 0 Å². The van der Waals surface area contributed by atoms with Crippen LogP contribution in [0.1, 0.15) is 28.3 Å². The van der Waals surface area contributed by atoms with Crippen LogP contribution in [0.4, 0.5) is 0 Å². The van der Waals surface area contributed by atoms with Crippen LogP contribution in [0, 0.1) is 0 Å². The first-order valence-corrected chi connectivity index (χ1v) is 9.63. The van der Waals surface area contributed by atoms with E-state index in [0.29, 0.717) is 41.9 Å². The average Bonchev–Trinajstić information content (AvgIpc) is 3.24. The van der Waals surface area contributed by atoms with Crippen molar-refractivity contribution in [3.8, 4) is 11.6 Å². The molecule has 0 bridgehead atoms. The van der Waals surface area contributed by atoms with Crippen LogP contribution in [0.5, 0.6) is 11.6 Å². The molecule has 1 aliphatic heterocycles. The van der Waals surface area contributed by atoms with E-state index >= 15 is 0 Å². The number of nitrogens with one attached hydrogen (secondary N) is 1. The molecule has 7 heteroatoms. The molecule has 1 N–H and O–H groups in total. The number of H-pyrrole nitrogens is 1. The van der Waals surface area contributed by atoms with E-state index in [0.717, 1.165) is 23.0 Å². The highest BCUT2D eigenvalue weighted by molar-refractivity contribution is 6.08. The smallest absolute Gasteiger partial charge is 0.245 e. The summed E-state index contributed by atoms with van der Waals surface area (Å²) in [6.07, 6.45) is 6.15. The number of para-hydroxylation sites is 2. The number of aromatic amines is 1. The molecule has 0 spiro atoms. The first-order chi connectivity index (χ1) is 14.8. The minimum Gasteiger partial charge on any atom is -0.437 e. The zero-order valence-corrected chi connectivity index (χ0v) is 16.0. The Morgan fingerprint density at radius 3 is 2.67 bits per heavy atom. The predicted molar refractivity (Wildman–Crippen MR) is 111 cm³/mol. The van der Waals surface area contributed by atoms with Crippen molar-refractivity contribution in [2.24, 2.45) is 0 Å². The first-order valence-electron chi connectivity index (χ1n) is 9.63. The number of imidazole rings is 1. The Balaban J connectivity index is 1.37. The molecule has 0 fully saturated rings. The van der Waals surface area contributed by atoms with Crippen LogP contribution >= 0.6 is 0 Å². The summed E-state index contributed by atoms with van der Waals surface area (Å²) in [4.78, 5) is 28.9. The normalized spacial score (nSPS) is 13.8. The molecule has 2 aromatic carbocycles. The molecule has 0 aliphatic carbocycles. The van der Waals surface area contributed by atoms with Crippen LogP contribution in [0.2, 0.25) is 0 Å². The Labute approximate surface area is 172 Å². The van der Waals surface area contributed by atoms with Gasteiger partial charge in [-0.1, -0.05) is 18.2 Å². The second kappa shape index (κ2) is 7.88. The van der Waals surface area contributed by atoms with Gasteiger partial charge in [-0.05, 0) is 42.8 Å². The molecule has 2 aromatic heterocycles. The average molecular weight is 398 g/mol. The summed E-state index contributed by atoms with van der Waals surface area (Å²) in [5.41, 5.74) is 3.73. The molecular formula is C23H18N4O3. The second-order valence-electron chi connectivity index (χ2n) is 6.84. The summed E-state index contributed by atoms with van der Waals surface area (Å²) >= 11 is 0. The Kier molecular flexibility index (Phi) is 4.78. The van der Waals surface area contributed by atoms with Crippen LogP contribution in [-0.2, 0) is 4.74 Å². The van der Waals surface area contributed by atoms with E-state index in [2.05, 4.69) is 26.0 Å². The van der Waals surface area contributed by atoms with Crippen LogP contribution in [0.25, 0.3) is 16.6 Å². The van der Waals surface area contributed by atoms with Crippen LogP contribution in [-0.4, -0.2) is 38.9 Å². The van der Waals surface area contributed by atoms with E-state index in [-0.39, 0.29) is 5.78 Å². The van der Waals surface area contributed by atoms with Gasteiger partial charge in [0, 0.05) is 23.5 Å². The van der Waals surface area contributed by atoms with Crippen molar-refractivity contribution in [3.63, 3.8) is 0 Å². The number of hydrogen-bond donors (Lipinski definition) is 1. The molecule has 0 radical (unpaired) electrons. The fourth-order valence-electron chi connectivity index (χ4n) is 3.33. The van der Waals surface area contributed by atoms with Crippen molar-refractivity contribution in [1.29, 1.82) is 0 Å². The van der Waals surface area contributed by atoms with E-state index in [1.807, 2.05) is 24.3 Å². The molecule has 5 rings (SSSR count). The third-order valence-electron chi connectivity index (χ3n) is 4.81. The van der Waals surface area contributed by atoms with E-state index in [9.17, 15) is 4.79 Å². The molecule has 148 valence electrons. The third-order valence-corrected chi connectivity index (χ3v) is 4.81. The topological polar surface area (TPSA) is 90.0 Å². The zero-order chi connectivity index (χ0) is 20.3. The number of fused-ring (bicyclic) bond motifs is 1. The molecule has 0 unspecified atom stereocenters. The van der Waals surface area contributed by atoms with Gasteiger partial charge in [-0.15, -0.1) is 0 Å². The lowest BCUT2D eigenvalue weighted by molar-refractivity contribution is 0.103. The Morgan fingerprint density at radius 2 is 1.87 bits per heavy atom. The van der Waals surface area contributed by atoms with Crippen molar-refractivity contribution >= 4 is 22.4 Å². The third kappa shape index (κ3) is 3.58. The van der Waals surface area contributed by atoms with Gasteiger partial charge in [-0.3, -0.25) is 4.79 Å². The molecule has 3 heterocycles. The number of nitrogens with zero attached hydrogens (tertiary/aromatic N) is 3. The van der Waals surface area contributed by atoms with Crippen molar-refractivity contribution < 1.29 is 14.3 Å². The van der Waals surface area contributed by atoms with Gasteiger partial charge in [0.1, 0.15) is 11.4 Å². The van der Waals surface area contributed by atoms with Crippen LogP contribution < -0.4 is 4.74 Å². The monoisotopic (exact) mass is 398 g/mol. The zero-order valence-electron chi connectivity index (χ0n) is 16.0. The maximum absolute atomic E-state index is 12.8. The summed E-state index contributed by atoms with van der Waals surface area (Å²) in [6, 6.07) is 14.4. The summed E-state index contributed by atoms with van der Waals surface area (Å²) < 4.78 is 11.5. The van der Waals surface area contributed by atoms with E-state index in [1.165, 1.54) is 0 Å². The predicted octanol–water partition coefficient (Wildman–Crippen LogP) is 4.18. The van der Waals surface area contributed by atoms with Gasteiger partial charge in [-0.25, -0.2) is 15.0 Å². The number of carbonyl (C=O) groups is 1. The minimum absolute atomic E-state index is 0.178. The van der Waals surface area contributed by atoms with Gasteiger partial charge < -0.3 is 14.5 Å². The van der Waals surface area contributed by atoms with Crippen molar-refractivity contribution in [2.45, 2.75) is 6.42 Å². The van der Waals surface area contributed by atoms with Crippen molar-refractivity contribution in [1.82, 2.24) is 19.9 Å². The summed E-state index contributed by atoms with van der Waals surface area (Å²) in [6.45, 7) is 1.20. The SMILES string of the molecule is O=C(c1ccc(Oc2nccnc2C2=CCCOC2)cc1)c1nc2ccccc2[nH]1. The summed E-state index contributed by atoms with van der Waals surface area (Å²) in [5.74, 6) is 1.11.